The first-order valence-corrected chi connectivity index (χ1v) is 10.1. The van der Waals surface area contributed by atoms with Gasteiger partial charge in [-0.2, -0.15) is 8.42 Å². The molecule has 0 aliphatic heterocycles. The van der Waals surface area contributed by atoms with Gasteiger partial charge < -0.3 is 9.73 Å². The van der Waals surface area contributed by atoms with Gasteiger partial charge in [-0.1, -0.05) is 29.0 Å². The minimum Gasteiger partial charge on any atom is -0.414 e. The van der Waals surface area contributed by atoms with Gasteiger partial charge in [-0.25, -0.2) is 4.79 Å². The molecule has 2 aromatic carbocycles. The van der Waals surface area contributed by atoms with Crippen LogP contribution in [-0.2, 0) is 10.0 Å². The highest BCUT2D eigenvalue weighted by molar-refractivity contribution is 7.90. The third kappa shape index (κ3) is 3.56. The third-order valence-corrected chi connectivity index (χ3v) is 6.29. The Balaban J connectivity index is 1.98. The Hall–Kier alpha value is -2.45. The first-order valence-electron chi connectivity index (χ1n) is 7.86. The van der Waals surface area contributed by atoms with Crippen molar-refractivity contribution in [1.29, 1.82) is 0 Å². The maximum Gasteiger partial charge on any atom is 0.396 e. The largest absolute Gasteiger partial charge is 0.414 e. The van der Waals surface area contributed by atoms with Crippen LogP contribution in [0.3, 0.4) is 0 Å². The number of sulfonamides is 1. The summed E-state index contributed by atoms with van der Waals surface area (Å²) in [6.07, 6.45) is 0. The van der Waals surface area contributed by atoms with E-state index in [0.717, 1.165) is 38.4 Å². The molecule has 0 saturated carbocycles. The topological polar surface area (TPSA) is 88.7 Å². The lowest BCUT2D eigenvalue weighted by atomic mass is 10.1. The third-order valence-electron chi connectivity index (χ3n) is 3.94. The quantitative estimate of drug-likeness (QED) is 0.539. The zero-order chi connectivity index (χ0) is 19.1. The molecule has 6 nitrogen and oxygen atoms in total. The molecule has 136 valence electrons. The van der Waals surface area contributed by atoms with Crippen LogP contribution >= 0.6 is 11.3 Å². The molecule has 1 N–H and O–H groups in total. The summed E-state index contributed by atoms with van der Waals surface area (Å²) in [6.45, 7) is 7.18. The second-order valence-corrected chi connectivity index (χ2v) is 8.61. The molecule has 0 radical (unpaired) electrons. The number of fused-ring (bicyclic) bond motifs is 1. The Morgan fingerprint density at radius 2 is 1.81 bits per heavy atom. The molecule has 8 heteroatoms. The van der Waals surface area contributed by atoms with Crippen molar-refractivity contribution in [3.63, 3.8) is 0 Å². The highest BCUT2D eigenvalue weighted by atomic mass is 32.2. The van der Waals surface area contributed by atoms with Gasteiger partial charge in [-0.3, -0.25) is 0 Å². The van der Waals surface area contributed by atoms with Gasteiger partial charge in [0.05, 0.1) is 9.60 Å². The van der Waals surface area contributed by atoms with E-state index in [9.17, 15) is 13.2 Å². The van der Waals surface area contributed by atoms with Crippen molar-refractivity contribution in [1.82, 2.24) is 0 Å². The Kier molecular flexibility index (Phi) is 4.72. The minimum atomic E-state index is -3.80. The number of nitrogens with one attached hydrogen (secondary N) is 1. The van der Waals surface area contributed by atoms with E-state index < -0.39 is 10.0 Å². The van der Waals surface area contributed by atoms with Gasteiger partial charge in [0.25, 0.3) is 10.0 Å². The molecule has 0 fully saturated rings. The zero-order valence-electron chi connectivity index (χ0n) is 14.8. The van der Waals surface area contributed by atoms with Crippen LogP contribution in [-0.4, -0.2) is 14.3 Å². The number of amidine groups is 1. The molecule has 0 aliphatic rings. The van der Waals surface area contributed by atoms with E-state index in [1.165, 1.54) is 12.1 Å². The number of aryl methyl sites for hydroxylation is 3. The molecular formula is C18H18N2O4S2. The molecular weight excluding hydrogens is 372 g/mol. The first-order chi connectivity index (χ1) is 12.2. The summed E-state index contributed by atoms with van der Waals surface area (Å²) in [5, 5.41) is 3.05. The molecule has 26 heavy (non-hydrogen) atoms. The second-order valence-electron chi connectivity index (χ2n) is 6.06. The maximum atomic E-state index is 12.4. The van der Waals surface area contributed by atoms with Crippen LogP contribution in [0.1, 0.15) is 23.6 Å². The van der Waals surface area contributed by atoms with E-state index in [0.29, 0.717) is 5.58 Å². The number of anilines is 1. The van der Waals surface area contributed by atoms with Crippen molar-refractivity contribution < 1.29 is 12.8 Å². The average molecular weight is 390 g/mol. The van der Waals surface area contributed by atoms with Crippen molar-refractivity contribution in [2.75, 3.05) is 5.32 Å². The van der Waals surface area contributed by atoms with Crippen LogP contribution in [0.2, 0.25) is 0 Å². The van der Waals surface area contributed by atoms with Gasteiger partial charge in [-0.05, 0) is 57.0 Å². The molecule has 0 spiro atoms. The van der Waals surface area contributed by atoms with E-state index in [-0.39, 0.29) is 15.7 Å². The van der Waals surface area contributed by atoms with Crippen molar-refractivity contribution in [3.05, 3.63) is 56.8 Å². The number of hydrogen-bond acceptors (Lipinski definition) is 5. The standard InChI is InChI=1S/C18H18N2O4S2/c1-10-5-7-14(8-6-10)26(22,23)20-13(4)19-16-11(2)9-15-17(12(16)3)25-18(21)24-15/h5-9H,1-4H3,(H,19,20). The van der Waals surface area contributed by atoms with E-state index >= 15 is 0 Å². The average Bonchev–Trinajstić information content (AvgIpc) is 2.92. The Labute approximate surface area is 155 Å². The lowest BCUT2D eigenvalue weighted by Gasteiger charge is -2.12. The number of benzene rings is 2. The van der Waals surface area contributed by atoms with Gasteiger partial charge in [0.2, 0.25) is 0 Å². The summed E-state index contributed by atoms with van der Waals surface area (Å²) in [5.41, 5.74) is 3.87. The number of nitrogens with zero attached hydrogens (tertiary/aromatic N) is 1. The minimum absolute atomic E-state index is 0.140. The summed E-state index contributed by atoms with van der Waals surface area (Å²) in [4.78, 5) is 11.3. The van der Waals surface area contributed by atoms with Gasteiger partial charge >= 0.3 is 4.94 Å². The Morgan fingerprint density at radius 3 is 2.46 bits per heavy atom. The van der Waals surface area contributed by atoms with E-state index in [4.69, 9.17) is 4.42 Å². The summed E-state index contributed by atoms with van der Waals surface area (Å²) >= 11 is 1.02. The number of rotatable bonds is 3. The molecule has 0 bridgehead atoms. The van der Waals surface area contributed by atoms with E-state index in [1.807, 2.05) is 20.8 Å². The zero-order valence-corrected chi connectivity index (χ0v) is 16.4. The molecule has 0 amide bonds. The summed E-state index contributed by atoms with van der Waals surface area (Å²) in [6, 6.07) is 8.28. The van der Waals surface area contributed by atoms with Crippen LogP contribution in [0.25, 0.3) is 10.3 Å². The van der Waals surface area contributed by atoms with Gasteiger partial charge in [0, 0.05) is 5.69 Å². The number of hydrogen-bond donors (Lipinski definition) is 1. The van der Waals surface area contributed by atoms with Crippen molar-refractivity contribution in [3.8, 4) is 0 Å². The molecule has 0 atom stereocenters. The lowest BCUT2D eigenvalue weighted by Crippen LogP contribution is -2.12. The van der Waals surface area contributed by atoms with E-state index in [1.54, 1.807) is 25.1 Å². The predicted molar refractivity (Wildman–Crippen MR) is 105 cm³/mol. The smallest absolute Gasteiger partial charge is 0.396 e. The fraction of sp³-hybridized carbons (Fsp3) is 0.222. The van der Waals surface area contributed by atoms with E-state index in [2.05, 4.69) is 9.71 Å². The maximum absolute atomic E-state index is 12.4. The SMILES string of the molecule is CC(=NS(=O)(=O)c1ccc(C)cc1)Nc1c(C)cc2oc(=O)sc2c1C. The molecule has 3 aromatic rings. The van der Waals surface area contributed by atoms with Crippen LogP contribution in [0.15, 0.2) is 48.8 Å². The van der Waals surface area contributed by atoms with Gasteiger partial charge in [0.1, 0.15) is 11.4 Å². The first kappa shape index (κ1) is 18.3. The van der Waals surface area contributed by atoms with Crippen LogP contribution in [0, 0.1) is 20.8 Å². The molecule has 1 heterocycles. The molecule has 0 aliphatic carbocycles. The van der Waals surface area contributed by atoms with Crippen molar-refractivity contribution in [2.45, 2.75) is 32.6 Å². The summed E-state index contributed by atoms with van der Waals surface area (Å²) in [7, 11) is -3.80. The Morgan fingerprint density at radius 1 is 1.15 bits per heavy atom. The molecule has 0 saturated heterocycles. The monoisotopic (exact) mass is 390 g/mol. The van der Waals surface area contributed by atoms with Gasteiger partial charge in [0.15, 0.2) is 0 Å². The molecule has 1 aromatic heterocycles. The van der Waals surface area contributed by atoms with Gasteiger partial charge in [-0.15, -0.1) is 4.40 Å². The summed E-state index contributed by atoms with van der Waals surface area (Å²) in [5.74, 6) is 0.243. The lowest BCUT2D eigenvalue weighted by molar-refractivity contribution is 0.585. The highest BCUT2D eigenvalue weighted by Crippen LogP contribution is 2.31. The second kappa shape index (κ2) is 6.69. The fourth-order valence-electron chi connectivity index (χ4n) is 2.66. The van der Waals surface area contributed by atoms with Crippen LogP contribution in [0.4, 0.5) is 5.69 Å². The Bertz CT molecular complexity index is 1170. The fourth-order valence-corrected chi connectivity index (χ4v) is 4.41. The molecule has 3 rings (SSSR count). The van der Waals surface area contributed by atoms with Crippen LogP contribution < -0.4 is 10.3 Å². The summed E-state index contributed by atoms with van der Waals surface area (Å²) < 4.78 is 34.6. The molecule has 0 unspecified atom stereocenters. The van der Waals surface area contributed by atoms with Crippen molar-refractivity contribution in [2.24, 2.45) is 4.40 Å². The van der Waals surface area contributed by atoms with Crippen LogP contribution in [0.5, 0.6) is 0 Å². The normalized spacial score (nSPS) is 12.5. The highest BCUT2D eigenvalue weighted by Gasteiger charge is 2.16. The van der Waals surface area contributed by atoms with Crippen molar-refractivity contribution >= 4 is 43.2 Å². The predicted octanol–water partition coefficient (Wildman–Crippen LogP) is 4.00.